The molecule has 1 fully saturated rings. The maximum absolute atomic E-state index is 14.1. The monoisotopic (exact) mass is 501 g/mol. The molecule has 10 heteroatoms. The zero-order chi connectivity index (χ0) is 25.4. The summed E-state index contributed by atoms with van der Waals surface area (Å²) in [6.07, 6.45) is 14.0. The molecule has 4 heterocycles. The van der Waals surface area contributed by atoms with E-state index in [2.05, 4.69) is 36.8 Å². The fourth-order valence-electron chi connectivity index (χ4n) is 4.62. The van der Waals surface area contributed by atoms with Gasteiger partial charge in [-0.3, -0.25) is 9.78 Å². The van der Waals surface area contributed by atoms with Crippen LogP contribution in [0.2, 0.25) is 0 Å². The summed E-state index contributed by atoms with van der Waals surface area (Å²) < 4.78 is 29.9. The minimum atomic E-state index is -2.75. The van der Waals surface area contributed by atoms with Crippen LogP contribution in [-0.2, 0) is 6.42 Å². The highest BCUT2D eigenvalue weighted by molar-refractivity contribution is 6.09. The van der Waals surface area contributed by atoms with Gasteiger partial charge in [-0.2, -0.15) is 5.10 Å². The number of nitrogens with zero attached hydrogens (tertiary/aromatic N) is 5. The van der Waals surface area contributed by atoms with Crippen LogP contribution < -0.4 is 10.6 Å². The van der Waals surface area contributed by atoms with Gasteiger partial charge >= 0.3 is 0 Å². The molecule has 37 heavy (non-hydrogen) atoms. The maximum Gasteiger partial charge on any atom is 0.267 e. The Balaban J connectivity index is 1.28. The third-order valence-electron chi connectivity index (χ3n) is 6.78. The lowest BCUT2D eigenvalue weighted by atomic mass is 9.98. The number of allylic oxidation sites excluding steroid dienone is 1. The van der Waals surface area contributed by atoms with Crippen LogP contribution in [0.25, 0.3) is 11.1 Å². The van der Waals surface area contributed by atoms with E-state index in [9.17, 15) is 13.6 Å². The minimum absolute atomic E-state index is 0.223. The van der Waals surface area contributed by atoms with Crippen LogP contribution in [0.5, 0.6) is 0 Å². The van der Waals surface area contributed by atoms with Gasteiger partial charge in [-0.1, -0.05) is 6.08 Å². The molecule has 0 radical (unpaired) electrons. The molecular weight excluding hydrogens is 476 g/mol. The Kier molecular flexibility index (Phi) is 5.86. The van der Waals surface area contributed by atoms with E-state index >= 15 is 0 Å². The number of aryl methyl sites for hydroxylation is 1. The standard InChI is InChI=1S/C27H25F2N7O/c28-27(29,18-7-8-18)16-32-26-31-14-21-20(5-1-2-6-23(21)35-26)17-9-11-36-24(12-17)22(15-33-36)25(37)34-19-4-3-10-30-13-19/h3-5,9-15,18H,1-2,6-8,16H2,(H,34,37)(H,31,32,35). The van der Waals surface area contributed by atoms with E-state index in [-0.39, 0.29) is 11.9 Å². The summed E-state index contributed by atoms with van der Waals surface area (Å²) in [4.78, 5) is 25.9. The molecule has 2 aliphatic rings. The molecule has 6 rings (SSSR count). The van der Waals surface area contributed by atoms with E-state index in [1.165, 1.54) is 0 Å². The lowest BCUT2D eigenvalue weighted by molar-refractivity contribution is -0.00833. The Morgan fingerprint density at radius 1 is 1.19 bits per heavy atom. The summed E-state index contributed by atoms with van der Waals surface area (Å²) >= 11 is 0. The molecule has 0 bridgehead atoms. The number of aromatic nitrogens is 5. The summed E-state index contributed by atoms with van der Waals surface area (Å²) in [6.45, 7) is -0.457. The molecule has 2 aliphatic carbocycles. The van der Waals surface area contributed by atoms with E-state index in [1.54, 1.807) is 41.4 Å². The zero-order valence-corrected chi connectivity index (χ0v) is 20.0. The Labute approximate surface area is 211 Å². The topological polar surface area (TPSA) is 97.1 Å². The first-order valence-corrected chi connectivity index (χ1v) is 12.4. The molecule has 1 amide bonds. The molecule has 0 aliphatic heterocycles. The summed E-state index contributed by atoms with van der Waals surface area (Å²) in [5.74, 6) is -3.34. The van der Waals surface area contributed by atoms with Crippen molar-refractivity contribution >= 4 is 28.6 Å². The van der Waals surface area contributed by atoms with Gasteiger partial charge in [0.1, 0.15) is 0 Å². The number of fused-ring (bicyclic) bond motifs is 2. The molecule has 4 aromatic heterocycles. The lowest BCUT2D eigenvalue weighted by Crippen LogP contribution is -2.30. The number of pyridine rings is 2. The second kappa shape index (κ2) is 9.34. The van der Waals surface area contributed by atoms with Crippen molar-refractivity contribution in [2.75, 3.05) is 17.2 Å². The average Bonchev–Trinajstić information content (AvgIpc) is 3.71. The molecular formula is C27H25F2N7O. The molecule has 8 nitrogen and oxygen atoms in total. The molecule has 1 saturated carbocycles. The van der Waals surface area contributed by atoms with Crippen LogP contribution >= 0.6 is 0 Å². The van der Waals surface area contributed by atoms with Crippen LogP contribution in [0.3, 0.4) is 0 Å². The number of halogens is 2. The lowest BCUT2D eigenvalue weighted by Gasteiger charge is -2.17. The number of hydrogen-bond acceptors (Lipinski definition) is 6. The van der Waals surface area contributed by atoms with Gasteiger partial charge in [0.2, 0.25) is 5.95 Å². The quantitative estimate of drug-likeness (QED) is 0.370. The van der Waals surface area contributed by atoms with Crippen LogP contribution in [0.15, 0.2) is 61.3 Å². The van der Waals surface area contributed by atoms with Crippen LogP contribution in [-0.4, -0.2) is 42.9 Å². The van der Waals surface area contributed by atoms with Gasteiger partial charge in [-0.15, -0.1) is 0 Å². The predicted octanol–water partition coefficient (Wildman–Crippen LogP) is 5.00. The molecule has 4 aromatic rings. The van der Waals surface area contributed by atoms with Crippen molar-refractivity contribution in [1.82, 2.24) is 24.6 Å². The van der Waals surface area contributed by atoms with Crippen molar-refractivity contribution in [3.05, 3.63) is 83.7 Å². The number of carbonyl (C=O) groups excluding carboxylic acids is 1. The maximum atomic E-state index is 14.1. The van der Waals surface area contributed by atoms with Gasteiger partial charge in [0.05, 0.1) is 41.4 Å². The van der Waals surface area contributed by atoms with Gasteiger partial charge in [0.25, 0.3) is 11.8 Å². The first-order chi connectivity index (χ1) is 18.0. The van der Waals surface area contributed by atoms with Gasteiger partial charge < -0.3 is 10.6 Å². The Morgan fingerprint density at radius 3 is 2.89 bits per heavy atom. The number of rotatable bonds is 7. The molecule has 0 atom stereocenters. The van der Waals surface area contributed by atoms with Crippen molar-refractivity contribution in [1.29, 1.82) is 0 Å². The summed E-state index contributed by atoms with van der Waals surface area (Å²) in [5.41, 5.74) is 5.22. The SMILES string of the molecule is O=C(Nc1cccnc1)c1cnn2ccc(C3=CCCCc4nc(NCC(F)(F)C5CC5)ncc43)cc12. The van der Waals surface area contributed by atoms with Crippen LogP contribution in [0, 0.1) is 5.92 Å². The number of nitrogens with one attached hydrogen (secondary N) is 2. The first-order valence-electron chi connectivity index (χ1n) is 12.4. The molecule has 0 saturated heterocycles. The number of hydrogen-bond donors (Lipinski definition) is 2. The van der Waals surface area contributed by atoms with Gasteiger partial charge in [0.15, 0.2) is 0 Å². The predicted molar refractivity (Wildman–Crippen MR) is 136 cm³/mol. The number of anilines is 2. The van der Waals surface area contributed by atoms with E-state index in [4.69, 9.17) is 0 Å². The molecule has 0 aromatic carbocycles. The average molecular weight is 502 g/mol. The van der Waals surface area contributed by atoms with Crippen molar-refractivity contribution in [2.24, 2.45) is 5.92 Å². The smallest absolute Gasteiger partial charge is 0.267 e. The van der Waals surface area contributed by atoms with Gasteiger partial charge in [-0.25, -0.2) is 23.3 Å². The third kappa shape index (κ3) is 4.78. The van der Waals surface area contributed by atoms with E-state index in [0.29, 0.717) is 29.6 Å². The Bertz CT molecular complexity index is 1500. The van der Waals surface area contributed by atoms with E-state index in [0.717, 1.165) is 41.7 Å². The van der Waals surface area contributed by atoms with Crippen LogP contribution in [0.1, 0.15) is 52.9 Å². The Morgan fingerprint density at radius 2 is 2.08 bits per heavy atom. The highest BCUT2D eigenvalue weighted by Gasteiger charge is 2.46. The van der Waals surface area contributed by atoms with Crippen molar-refractivity contribution in [2.45, 2.75) is 38.0 Å². The highest BCUT2D eigenvalue weighted by atomic mass is 19.3. The van der Waals surface area contributed by atoms with Crippen molar-refractivity contribution in [3.8, 4) is 0 Å². The highest BCUT2D eigenvalue weighted by Crippen LogP contribution is 2.43. The number of alkyl halides is 2. The van der Waals surface area contributed by atoms with E-state index in [1.807, 2.05) is 18.3 Å². The normalized spacial score (nSPS) is 15.6. The minimum Gasteiger partial charge on any atom is -0.348 e. The van der Waals surface area contributed by atoms with Gasteiger partial charge in [-0.05, 0) is 67.5 Å². The third-order valence-corrected chi connectivity index (χ3v) is 6.78. The second-order valence-electron chi connectivity index (χ2n) is 9.45. The fourth-order valence-corrected chi connectivity index (χ4v) is 4.62. The molecule has 0 spiro atoms. The summed E-state index contributed by atoms with van der Waals surface area (Å²) in [7, 11) is 0. The molecule has 2 N–H and O–H groups in total. The number of amides is 1. The first kappa shape index (κ1) is 23.2. The van der Waals surface area contributed by atoms with E-state index < -0.39 is 18.4 Å². The zero-order valence-electron chi connectivity index (χ0n) is 20.0. The fraction of sp³-hybridized carbons (Fsp3) is 0.296. The largest absolute Gasteiger partial charge is 0.348 e. The second-order valence-corrected chi connectivity index (χ2v) is 9.45. The van der Waals surface area contributed by atoms with Crippen LogP contribution in [0.4, 0.5) is 20.4 Å². The summed E-state index contributed by atoms with van der Waals surface area (Å²) in [5, 5.41) is 9.92. The molecule has 188 valence electrons. The van der Waals surface area contributed by atoms with Crippen molar-refractivity contribution < 1.29 is 13.6 Å². The van der Waals surface area contributed by atoms with Crippen molar-refractivity contribution in [3.63, 3.8) is 0 Å². The van der Waals surface area contributed by atoms with Gasteiger partial charge in [0, 0.05) is 30.1 Å². The number of carbonyl (C=O) groups is 1. The Hall–Kier alpha value is -4.21. The molecule has 0 unspecified atom stereocenters. The summed E-state index contributed by atoms with van der Waals surface area (Å²) in [6, 6.07) is 7.38.